The number of hydrogen-bond acceptors (Lipinski definition) is 3. The topological polar surface area (TPSA) is 46.2 Å². The zero-order valence-electron chi connectivity index (χ0n) is 10.2. The first-order chi connectivity index (χ1) is 9.58. The van der Waals surface area contributed by atoms with E-state index in [4.69, 9.17) is 0 Å². The van der Waals surface area contributed by atoms with Crippen molar-refractivity contribution < 1.29 is 8.42 Å². The second-order valence-corrected chi connectivity index (χ2v) is 7.69. The van der Waals surface area contributed by atoms with Gasteiger partial charge in [-0.1, -0.05) is 36.4 Å². The average molecular weight is 368 g/mol. The third kappa shape index (κ3) is 2.46. The quantitative estimate of drug-likeness (QED) is 0.742. The maximum absolute atomic E-state index is 12.3. The lowest BCUT2D eigenvalue weighted by atomic mass is 10.3. The standard InChI is InChI=1S/C14H10BrNO2S2/c15-13-11-8-4-5-9-12(11)19-14(13)16-20(17,18)10-6-2-1-3-7-10/h1-9,16H. The molecule has 0 saturated heterocycles. The Bertz CT molecular complexity index is 857. The highest BCUT2D eigenvalue weighted by Crippen LogP contribution is 2.40. The first kappa shape index (κ1) is 13.6. The number of halogens is 1. The van der Waals surface area contributed by atoms with Gasteiger partial charge in [0.1, 0.15) is 5.00 Å². The van der Waals surface area contributed by atoms with Crippen LogP contribution in [0, 0.1) is 0 Å². The van der Waals surface area contributed by atoms with Crippen LogP contribution in [-0.4, -0.2) is 8.42 Å². The second-order valence-electron chi connectivity index (χ2n) is 4.16. The third-order valence-corrected chi connectivity index (χ3v) is 6.48. The zero-order chi connectivity index (χ0) is 14.2. The van der Waals surface area contributed by atoms with Crippen LogP contribution in [0.1, 0.15) is 0 Å². The maximum Gasteiger partial charge on any atom is 0.262 e. The maximum atomic E-state index is 12.3. The van der Waals surface area contributed by atoms with Crippen LogP contribution in [0.3, 0.4) is 0 Å². The average Bonchev–Trinajstić information content (AvgIpc) is 2.76. The van der Waals surface area contributed by atoms with Crippen LogP contribution in [0.15, 0.2) is 64.0 Å². The Morgan fingerprint density at radius 3 is 2.30 bits per heavy atom. The minimum atomic E-state index is -3.55. The molecule has 0 aliphatic carbocycles. The Kier molecular flexibility index (Phi) is 3.54. The predicted molar refractivity (Wildman–Crippen MR) is 86.8 cm³/mol. The molecule has 0 aliphatic rings. The van der Waals surface area contributed by atoms with Crippen molar-refractivity contribution in [3.63, 3.8) is 0 Å². The van der Waals surface area contributed by atoms with Crippen LogP contribution in [-0.2, 0) is 10.0 Å². The summed E-state index contributed by atoms with van der Waals surface area (Å²) in [6.07, 6.45) is 0. The molecule has 6 heteroatoms. The lowest BCUT2D eigenvalue weighted by molar-refractivity contribution is 0.601. The molecule has 2 aromatic carbocycles. The molecular formula is C14H10BrNO2S2. The van der Waals surface area contributed by atoms with Crippen LogP contribution in [0.4, 0.5) is 5.00 Å². The highest BCUT2D eigenvalue weighted by molar-refractivity contribution is 9.10. The number of sulfonamides is 1. The fourth-order valence-corrected chi connectivity index (χ4v) is 5.13. The van der Waals surface area contributed by atoms with E-state index < -0.39 is 10.0 Å². The van der Waals surface area contributed by atoms with Gasteiger partial charge in [-0.25, -0.2) is 8.42 Å². The van der Waals surface area contributed by atoms with Gasteiger partial charge in [-0.05, 0) is 34.1 Å². The van der Waals surface area contributed by atoms with Crippen molar-refractivity contribution in [2.24, 2.45) is 0 Å². The van der Waals surface area contributed by atoms with Crippen molar-refractivity contribution in [2.75, 3.05) is 4.72 Å². The lowest BCUT2D eigenvalue weighted by Gasteiger charge is -2.06. The molecule has 1 heterocycles. The van der Waals surface area contributed by atoms with E-state index in [0.29, 0.717) is 5.00 Å². The number of thiophene rings is 1. The number of nitrogens with one attached hydrogen (secondary N) is 1. The number of hydrogen-bond donors (Lipinski definition) is 1. The molecule has 0 amide bonds. The molecule has 0 radical (unpaired) electrons. The molecule has 102 valence electrons. The molecule has 1 N–H and O–H groups in total. The van der Waals surface area contributed by atoms with Gasteiger partial charge < -0.3 is 0 Å². The van der Waals surface area contributed by atoms with E-state index in [9.17, 15) is 8.42 Å². The van der Waals surface area contributed by atoms with Gasteiger partial charge in [-0.15, -0.1) is 11.3 Å². The van der Waals surface area contributed by atoms with E-state index in [2.05, 4.69) is 20.7 Å². The monoisotopic (exact) mass is 367 g/mol. The number of benzene rings is 2. The van der Waals surface area contributed by atoms with Crippen molar-refractivity contribution in [3.8, 4) is 0 Å². The molecule has 20 heavy (non-hydrogen) atoms. The summed E-state index contributed by atoms with van der Waals surface area (Å²) < 4.78 is 29.1. The van der Waals surface area contributed by atoms with Crippen molar-refractivity contribution in [2.45, 2.75) is 4.90 Å². The summed E-state index contributed by atoms with van der Waals surface area (Å²) in [6.45, 7) is 0. The van der Waals surface area contributed by atoms with Crippen LogP contribution >= 0.6 is 27.3 Å². The summed E-state index contributed by atoms with van der Waals surface area (Å²) in [5, 5.41) is 1.60. The minimum Gasteiger partial charge on any atom is -0.269 e. The van der Waals surface area contributed by atoms with Crippen molar-refractivity contribution in [1.29, 1.82) is 0 Å². The van der Waals surface area contributed by atoms with Crippen molar-refractivity contribution in [3.05, 3.63) is 59.1 Å². The number of rotatable bonds is 3. The van der Waals surface area contributed by atoms with Crippen LogP contribution in [0.25, 0.3) is 10.1 Å². The van der Waals surface area contributed by atoms with Gasteiger partial charge in [-0.3, -0.25) is 4.72 Å². The van der Waals surface area contributed by atoms with E-state index in [1.54, 1.807) is 30.3 Å². The molecule has 0 spiro atoms. The second kappa shape index (κ2) is 5.20. The highest BCUT2D eigenvalue weighted by Gasteiger charge is 2.18. The Labute approximate surface area is 129 Å². The van der Waals surface area contributed by atoms with Crippen LogP contribution < -0.4 is 4.72 Å². The molecule has 3 nitrogen and oxygen atoms in total. The van der Waals surface area contributed by atoms with Gasteiger partial charge in [-0.2, -0.15) is 0 Å². The molecule has 0 saturated carbocycles. The summed E-state index contributed by atoms with van der Waals surface area (Å²) in [5.74, 6) is 0. The largest absolute Gasteiger partial charge is 0.269 e. The Morgan fingerprint density at radius 2 is 1.60 bits per heavy atom. The molecule has 3 rings (SSSR count). The highest BCUT2D eigenvalue weighted by atomic mass is 79.9. The molecule has 0 bridgehead atoms. The van der Waals surface area contributed by atoms with Crippen molar-refractivity contribution >= 4 is 52.4 Å². The molecule has 0 unspecified atom stereocenters. The summed E-state index contributed by atoms with van der Waals surface area (Å²) in [6, 6.07) is 16.1. The van der Waals surface area contributed by atoms with E-state index in [0.717, 1.165) is 14.6 Å². The molecule has 0 fully saturated rings. The van der Waals surface area contributed by atoms with Gasteiger partial charge >= 0.3 is 0 Å². The third-order valence-electron chi connectivity index (χ3n) is 2.82. The van der Waals surface area contributed by atoms with Gasteiger partial charge in [0.25, 0.3) is 10.0 Å². The fourth-order valence-electron chi connectivity index (χ4n) is 1.86. The molecule has 0 atom stereocenters. The summed E-state index contributed by atoms with van der Waals surface area (Å²) >= 11 is 4.87. The first-order valence-electron chi connectivity index (χ1n) is 5.83. The van der Waals surface area contributed by atoms with Gasteiger partial charge in [0.05, 0.1) is 9.37 Å². The summed E-state index contributed by atoms with van der Waals surface area (Å²) in [5.41, 5.74) is 0. The van der Waals surface area contributed by atoms with E-state index in [-0.39, 0.29) is 4.90 Å². The molecule has 3 aromatic rings. The van der Waals surface area contributed by atoms with Gasteiger partial charge in [0.15, 0.2) is 0 Å². The smallest absolute Gasteiger partial charge is 0.262 e. The van der Waals surface area contributed by atoms with Crippen LogP contribution in [0.2, 0.25) is 0 Å². The zero-order valence-corrected chi connectivity index (χ0v) is 13.4. The number of anilines is 1. The Balaban J connectivity index is 2.03. The van der Waals surface area contributed by atoms with Gasteiger partial charge in [0.2, 0.25) is 0 Å². The first-order valence-corrected chi connectivity index (χ1v) is 8.92. The van der Waals surface area contributed by atoms with Gasteiger partial charge in [0, 0.05) is 10.1 Å². The van der Waals surface area contributed by atoms with Crippen molar-refractivity contribution in [1.82, 2.24) is 0 Å². The molecule has 0 aliphatic heterocycles. The molecule has 1 aromatic heterocycles. The van der Waals surface area contributed by atoms with E-state index in [1.807, 2.05) is 24.3 Å². The predicted octanol–water partition coefficient (Wildman–Crippen LogP) is 4.46. The Morgan fingerprint density at radius 1 is 0.950 bits per heavy atom. The summed E-state index contributed by atoms with van der Waals surface area (Å²) in [4.78, 5) is 0.254. The number of fused-ring (bicyclic) bond motifs is 1. The summed E-state index contributed by atoms with van der Waals surface area (Å²) in [7, 11) is -3.55. The SMILES string of the molecule is O=S(=O)(Nc1sc2ccccc2c1Br)c1ccccc1. The lowest BCUT2D eigenvalue weighted by Crippen LogP contribution is -2.12. The van der Waals surface area contributed by atoms with E-state index in [1.165, 1.54) is 11.3 Å². The van der Waals surface area contributed by atoms with E-state index >= 15 is 0 Å². The minimum absolute atomic E-state index is 0.254. The fraction of sp³-hybridized carbons (Fsp3) is 0. The van der Waals surface area contributed by atoms with Crippen LogP contribution in [0.5, 0.6) is 0 Å². The molecular weight excluding hydrogens is 358 g/mol. The Hall–Kier alpha value is -1.37. The normalized spacial score (nSPS) is 11.7.